The highest BCUT2D eigenvalue weighted by atomic mass is 32.2. The molecule has 1 aromatic carbocycles. The molecule has 10 heteroatoms. The maximum absolute atomic E-state index is 12.8. The van der Waals surface area contributed by atoms with Crippen molar-refractivity contribution in [3.63, 3.8) is 0 Å². The van der Waals surface area contributed by atoms with Crippen LogP contribution in [0.4, 0.5) is 5.69 Å². The second-order valence-corrected chi connectivity index (χ2v) is 7.62. The molecule has 24 heavy (non-hydrogen) atoms. The van der Waals surface area contributed by atoms with E-state index in [-0.39, 0.29) is 19.0 Å². The molecule has 2 unspecified atom stereocenters. The number of nitro groups is 1. The van der Waals surface area contributed by atoms with Gasteiger partial charge in [-0.15, -0.1) is 0 Å². The van der Waals surface area contributed by atoms with E-state index in [1.165, 1.54) is 6.07 Å². The standard InChI is InChI=1S/C14H15N3O6S/c1-9-5-10(14(18)19)8-16(7-9)24(22,23)13-4-2-3-12(17(20)21)11(13)6-15/h2-4,9-10H,5,7-8H2,1H3,(H,18,19). The van der Waals surface area contributed by atoms with Crippen molar-refractivity contribution in [1.29, 1.82) is 5.26 Å². The fourth-order valence-electron chi connectivity index (χ4n) is 2.82. The number of hydrogen-bond donors (Lipinski definition) is 1. The fraction of sp³-hybridized carbons (Fsp3) is 0.429. The van der Waals surface area contributed by atoms with Crippen LogP contribution in [0, 0.1) is 33.3 Å². The maximum atomic E-state index is 12.8. The zero-order chi connectivity index (χ0) is 18.1. The molecular weight excluding hydrogens is 338 g/mol. The first kappa shape index (κ1) is 17.8. The van der Waals surface area contributed by atoms with Gasteiger partial charge >= 0.3 is 5.97 Å². The van der Waals surface area contributed by atoms with E-state index in [9.17, 15) is 28.6 Å². The maximum Gasteiger partial charge on any atom is 0.307 e. The first-order chi connectivity index (χ1) is 11.2. The molecule has 1 fully saturated rings. The van der Waals surface area contributed by atoms with Gasteiger partial charge < -0.3 is 5.11 Å². The van der Waals surface area contributed by atoms with Gasteiger partial charge in [-0.25, -0.2) is 8.42 Å². The molecule has 0 spiro atoms. The molecule has 0 bridgehead atoms. The van der Waals surface area contributed by atoms with Gasteiger partial charge in [0.2, 0.25) is 10.0 Å². The zero-order valence-corrected chi connectivity index (χ0v) is 13.6. The number of carboxylic acids is 1. The number of hydrogen-bond acceptors (Lipinski definition) is 6. The van der Waals surface area contributed by atoms with Crippen LogP contribution >= 0.6 is 0 Å². The van der Waals surface area contributed by atoms with Crippen LogP contribution in [0.25, 0.3) is 0 Å². The lowest BCUT2D eigenvalue weighted by atomic mass is 9.92. The summed E-state index contributed by atoms with van der Waals surface area (Å²) in [5.41, 5.74) is -1.15. The molecule has 1 N–H and O–H groups in total. The Kier molecular flexibility index (Phi) is 4.86. The molecule has 0 saturated carbocycles. The Morgan fingerprint density at radius 3 is 2.67 bits per heavy atom. The Labute approximate surface area is 138 Å². The number of aliphatic carboxylic acids is 1. The van der Waals surface area contributed by atoms with Crippen LogP contribution in [-0.4, -0.2) is 41.8 Å². The minimum absolute atomic E-state index is 0.0969. The number of nitrogens with zero attached hydrogens (tertiary/aromatic N) is 3. The van der Waals surface area contributed by atoms with Gasteiger partial charge in [0.15, 0.2) is 0 Å². The van der Waals surface area contributed by atoms with Crippen molar-refractivity contribution in [3.8, 4) is 6.07 Å². The van der Waals surface area contributed by atoms with Gasteiger partial charge in [-0.1, -0.05) is 13.0 Å². The third-order valence-electron chi connectivity index (χ3n) is 3.91. The number of rotatable bonds is 4. The monoisotopic (exact) mass is 353 g/mol. The number of nitro benzene ring substituents is 1. The van der Waals surface area contributed by atoms with Crippen molar-refractivity contribution in [2.45, 2.75) is 18.2 Å². The normalized spacial score (nSPS) is 21.8. The van der Waals surface area contributed by atoms with Gasteiger partial charge in [-0.2, -0.15) is 9.57 Å². The molecule has 128 valence electrons. The average molecular weight is 353 g/mol. The van der Waals surface area contributed by atoms with Gasteiger partial charge in [0.1, 0.15) is 16.5 Å². The molecule has 0 aromatic heterocycles. The van der Waals surface area contributed by atoms with Gasteiger partial charge in [-0.3, -0.25) is 14.9 Å². The molecule has 2 atom stereocenters. The third kappa shape index (κ3) is 3.22. The summed E-state index contributed by atoms with van der Waals surface area (Å²) in [7, 11) is -4.22. The molecule has 1 aromatic rings. The summed E-state index contributed by atoms with van der Waals surface area (Å²) in [6.45, 7) is 1.60. The lowest BCUT2D eigenvalue weighted by Gasteiger charge is -2.33. The predicted octanol–water partition coefficient (Wildman–Crippen LogP) is 1.20. The van der Waals surface area contributed by atoms with Crippen molar-refractivity contribution < 1.29 is 23.2 Å². The number of piperidine rings is 1. The van der Waals surface area contributed by atoms with Crippen LogP contribution in [0.1, 0.15) is 18.9 Å². The van der Waals surface area contributed by atoms with Crippen molar-refractivity contribution >= 4 is 21.7 Å². The molecule has 2 rings (SSSR count). The van der Waals surface area contributed by atoms with E-state index in [0.29, 0.717) is 6.42 Å². The van der Waals surface area contributed by atoms with Gasteiger partial charge in [-0.05, 0) is 18.4 Å². The number of nitriles is 1. The minimum Gasteiger partial charge on any atom is -0.481 e. The molecule has 1 heterocycles. The highest BCUT2D eigenvalue weighted by Gasteiger charge is 2.38. The first-order valence-electron chi connectivity index (χ1n) is 7.09. The molecule has 1 aliphatic rings. The summed E-state index contributed by atoms with van der Waals surface area (Å²) in [6.07, 6.45) is 0.349. The Hall–Kier alpha value is -2.51. The van der Waals surface area contributed by atoms with Crippen LogP contribution in [0.15, 0.2) is 23.1 Å². The second-order valence-electron chi connectivity index (χ2n) is 5.72. The van der Waals surface area contributed by atoms with Crippen molar-refractivity contribution in [3.05, 3.63) is 33.9 Å². The Morgan fingerprint density at radius 2 is 2.12 bits per heavy atom. The third-order valence-corrected chi connectivity index (χ3v) is 5.78. The van der Waals surface area contributed by atoms with Gasteiger partial charge in [0.05, 0.1) is 10.8 Å². The van der Waals surface area contributed by atoms with Crippen LogP contribution < -0.4 is 0 Å². The zero-order valence-electron chi connectivity index (χ0n) is 12.7. The van der Waals surface area contributed by atoms with Gasteiger partial charge in [0, 0.05) is 19.2 Å². The molecule has 1 aliphatic heterocycles. The summed E-state index contributed by atoms with van der Waals surface area (Å²) in [5.74, 6) is -2.13. The SMILES string of the molecule is CC1CC(C(=O)O)CN(S(=O)(=O)c2cccc([N+](=O)[O-])c2C#N)C1. The summed E-state index contributed by atoms with van der Waals surface area (Å²) in [5, 5.41) is 29.3. The van der Waals surface area contributed by atoms with E-state index < -0.39 is 43.0 Å². The molecule has 0 aliphatic carbocycles. The molecule has 0 amide bonds. The lowest BCUT2D eigenvalue weighted by molar-refractivity contribution is -0.385. The molecule has 9 nitrogen and oxygen atoms in total. The van der Waals surface area contributed by atoms with Gasteiger partial charge in [0.25, 0.3) is 5.69 Å². The topological polar surface area (TPSA) is 142 Å². The number of benzene rings is 1. The van der Waals surface area contributed by atoms with E-state index >= 15 is 0 Å². The van der Waals surface area contributed by atoms with E-state index in [2.05, 4.69) is 0 Å². The highest BCUT2D eigenvalue weighted by Crippen LogP contribution is 2.31. The van der Waals surface area contributed by atoms with Crippen LogP contribution in [0.5, 0.6) is 0 Å². The number of sulfonamides is 1. The Morgan fingerprint density at radius 1 is 1.46 bits per heavy atom. The smallest absolute Gasteiger partial charge is 0.307 e. The predicted molar refractivity (Wildman–Crippen MR) is 81.5 cm³/mol. The van der Waals surface area contributed by atoms with Crippen LogP contribution in [0.2, 0.25) is 0 Å². The largest absolute Gasteiger partial charge is 0.481 e. The minimum atomic E-state index is -4.22. The van der Waals surface area contributed by atoms with Crippen molar-refractivity contribution in [2.75, 3.05) is 13.1 Å². The van der Waals surface area contributed by atoms with Crippen molar-refractivity contribution in [2.24, 2.45) is 11.8 Å². The summed E-state index contributed by atoms with van der Waals surface area (Å²) in [4.78, 5) is 20.9. The first-order valence-corrected chi connectivity index (χ1v) is 8.53. The lowest BCUT2D eigenvalue weighted by Crippen LogP contribution is -2.45. The van der Waals surface area contributed by atoms with Crippen molar-refractivity contribution in [1.82, 2.24) is 4.31 Å². The Balaban J connectivity index is 2.51. The molecular formula is C14H15N3O6S. The number of carbonyl (C=O) groups is 1. The summed E-state index contributed by atoms with van der Waals surface area (Å²) in [6, 6.07) is 4.93. The summed E-state index contributed by atoms with van der Waals surface area (Å²) >= 11 is 0. The van der Waals surface area contributed by atoms with E-state index in [0.717, 1.165) is 16.4 Å². The van der Waals surface area contributed by atoms with E-state index in [1.54, 1.807) is 13.0 Å². The van der Waals surface area contributed by atoms with E-state index in [4.69, 9.17) is 5.11 Å². The van der Waals surface area contributed by atoms with Crippen LogP contribution in [0.3, 0.4) is 0 Å². The quantitative estimate of drug-likeness (QED) is 0.633. The van der Waals surface area contributed by atoms with Crippen LogP contribution in [-0.2, 0) is 14.8 Å². The Bertz CT molecular complexity index is 829. The molecule has 0 radical (unpaired) electrons. The molecule has 1 saturated heterocycles. The second kappa shape index (κ2) is 6.54. The number of carboxylic acid groups (broad SMARTS) is 1. The van der Waals surface area contributed by atoms with E-state index in [1.807, 2.05) is 0 Å². The highest BCUT2D eigenvalue weighted by molar-refractivity contribution is 7.89. The average Bonchev–Trinajstić information content (AvgIpc) is 2.53. The summed E-state index contributed by atoms with van der Waals surface area (Å²) < 4.78 is 26.6. The fourth-order valence-corrected chi connectivity index (χ4v) is 4.58.